The van der Waals surface area contributed by atoms with Gasteiger partial charge in [0.2, 0.25) is 0 Å². The van der Waals surface area contributed by atoms with Crippen LogP contribution < -0.4 is 5.73 Å². The molecule has 1 saturated heterocycles. The van der Waals surface area contributed by atoms with Gasteiger partial charge in [0.25, 0.3) is 0 Å². The first-order valence-corrected chi connectivity index (χ1v) is 7.13. The van der Waals surface area contributed by atoms with E-state index in [4.69, 9.17) is 14.8 Å². The third-order valence-corrected chi connectivity index (χ3v) is 3.84. The Bertz CT molecular complexity index is 440. The molecule has 0 spiro atoms. The maximum atomic E-state index is 11.6. The Morgan fingerprint density at radius 1 is 1.33 bits per heavy atom. The second-order valence-corrected chi connectivity index (χ2v) is 5.58. The van der Waals surface area contributed by atoms with Crippen LogP contribution in [-0.2, 0) is 13.6 Å². The lowest BCUT2D eigenvalue weighted by atomic mass is 9.97. The molecule has 0 bridgehead atoms. The predicted molar refractivity (Wildman–Crippen MR) is 64.6 cm³/mol. The van der Waals surface area contributed by atoms with Crippen LogP contribution >= 0.6 is 7.82 Å². The molecular weight excluding hydrogens is 257 g/mol. The Labute approximate surface area is 105 Å². The first-order valence-electron chi connectivity index (χ1n) is 5.64. The zero-order chi connectivity index (χ0) is 13.2. The molecule has 4 N–H and O–H groups in total. The van der Waals surface area contributed by atoms with Gasteiger partial charge in [-0.05, 0) is 12.0 Å². The number of hydrogen-bond donors (Lipinski definition) is 3. The summed E-state index contributed by atoms with van der Waals surface area (Å²) in [6.07, 6.45) is -1.54. The van der Waals surface area contributed by atoms with E-state index in [0.717, 1.165) is 0 Å². The van der Waals surface area contributed by atoms with Crippen molar-refractivity contribution in [1.82, 2.24) is 0 Å². The lowest BCUT2D eigenvalue weighted by Crippen LogP contribution is -2.42. The molecule has 4 unspecified atom stereocenters. The third kappa shape index (κ3) is 3.17. The fraction of sp³-hybridized carbons (Fsp3) is 0.455. The topological polar surface area (TPSA) is 102 Å². The van der Waals surface area contributed by atoms with E-state index in [1.807, 2.05) is 6.07 Å². The largest absolute Gasteiger partial charge is 0.472 e. The second-order valence-electron chi connectivity index (χ2n) is 4.17. The van der Waals surface area contributed by atoms with Crippen LogP contribution in [0.4, 0.5) is 0 Å². The average molecular weight is 273 g/mol. The first-order chi connectivity index (χ1) is 8.49. The number of phosphoric ester groups is 1. The molecule has 1 aliphatic rings. The van der Waals surface area contributed by atoms with E-state index in [-0.39, 0.29) is 13.0 Å². The molecule has 0 amide bonds. The van der Waals surface area contributed by atoms with Crippen LogP contribution in [0.2, 0.25) is 0 Å². The van der Waals surface area contributed by atoms with Gasteiger partial charge in [-0.15, -0.1) is 0 Å². The van der Waals surface area contributed by atoms with Crippen LogP contribution in [0.25, 0.3) is 0 Å². The number of aliphatic hydroxyl groups is 1. The Morgan fingerprint density at radius 2 is 2.00 bits per heavy atom. The molecule has 0 aliphatic carbocycles. The molecule has 1 heterocycles. The predicted octanol–water partition coefficient (Wildman–Crippen LogP) is 0.953. The quantitative estimate of drug-likeness (QED) is 0.658. The number of aliphatic hydroxyl groups excluding tert-OH is 1. The van der Waals surface area contributed by atoms with Crippen molar-refractivity contribution in [2.75, 3.05) is 6.61 Å². The summed E-state index contributed by atoms with van der Waals surface area (Å²) < 4.78 is 21.4. The van der Waals surface area contributed by atoms with E-state index < -0.39 is 26.1 Å². The fourth-order valence-corrected chi connectivity index (χ4v) is 2.80. The van der Waals surface area contributed by atoms with Crippen molar-refractivity contribution in [1.29, 1.82) is 0 Å². The summed E-state index contributed by atoms with van der Waals surface area (Å²) in [6, 6.07) is 8.00. The molecule has 100 valence electrons. The minimum Gasteiger partial charge on any atom is -0.391 e. The maximum Gasteiger partial charge on any atom is 0.472 e. The van der Waals surface area contributed by atoms with E-state index in [9.17, 15) is 14.6 Å². The van der Waals surface area contributed by atoms with Crippen molar-refractivity contribution < 1.29 is 23.6 Å². The minimum atomic E-state index is -4.13. The van der Waals surface area contributed by atoms with Crippen LogP contribution in [0.5, 0.6) is 0 Å². The average Bonchev–Trinajstić information content (AvgIpc) is 2.35. The minimum absolute atomic E-state index is 0.0653. The number of nitrogens with two attached hydrogens (primary N) is 1. The van der Waals surface area contributed by atoms with Crippen LogP contribution in [0.1, 0.15) is 18.1 Å². The van der Waals surface area contributed by atoms with Crippen molar-refractivity contribution in [3.8, 4) is 0 Å². The van der Waals surface area contributed by atoms with Gasteiger partial charge in [0, 0.05) is 0 Å². The molecule has 1 aromatic rings. The highest BCUT2D eigenvalue weighted by Crippen LogP contribution is 2.50. The number of benzene rings is 1. The summed E-state index contributed by atoms with van der Waals surface area (Å²) in [7, 11) is -4.13. The van der Waals surface area contributed by atoms with Crippen LogP contribution in [-0.4, -0.2) is 28.8 Å². The molecule has 1 fully saturated rings. The summed E-state index contributed by atoms with van der Waals surface area (Å²) in [5.41, 5.74) is 6.51. The van der Waals surface area contributed by atoms with E-state index in [0.29, 0.717) is 5.56 Å². The highest BCUT2D eigenvalue weighted by atomic mass is 31.2. The molecule has 0 saturated carbocycles. The van der Waals surface area contributed by atoms with Crippen molar-refractivity contribution in [2.24, 2.45) is 5.73 Å². The monoisotopic (exact) mass is 273 g/mol. The summed E-state index contributed by atoms with van der Waals surface area (Å²) >= 11 is 0. The van der Waals surface area contributed by atoms with Gasteiger partial charge < -0.3 is 15.7 Å². The molecule has 4 atom stereocenters. The normalized spacial score (nSPS) is 37.8. The molecule has 1 aromatic carbocycles. The summed E-state index contributed by atoms with van der Waals surface area (Å²) in [4.78, 5) is 9.49. The summed E-state index contributed by atoms with van der Waals surface area (Å²) in [5, 5.41) is 9.83. The zero-order valence-corrected chi connectivity index (χ0v) is 10.6. The third-order valence-electron chi connectivity index (χ3n) is 2.84. The summed E-state index contributed by atoms with van der Waals surface area (Å²) in [6.45, 7) is -0.0653. The molecule has 2 rings (SSSR count). The van der Waals surface area contributed by atoms with Gasteiger partial charge in [-0.2, -0.15) is 0 Å². The number of phosphoric acid groups is 1. The highest BCUT2D eigenvalue weighted by Gasteiger charge is 2.37. The fourth-order valence-electron chi connectivity index (χ4n) is 1.85. The SMILES string of the molecule is NC1C(O)CCOP(=O)(O)OC1c1ccccc1. The van der Waals surface area contributed by atoms with E-state index in [1.54, 1.807) is 24.3 Å². The van der Waals surface area contributed by atoms with E-state index in [2.05, 4.69) is 0 Å². The standard InChI is InChI=1S/C11H16NO5P/c12-10-9(13)6-7-16-18(14,15)17-11(10)8-4-2-1-3-5-8/h1-5,9-11,13H,6-7,12H2,(H,14,15). The maximum absolute atomic E-state index is 11.6. The first kappa shape index (κ1) is 13.7. The Balaban J connectivity index is 2.30. The van der Waals surface area contributed by atoms with Crippen molar-refractivity contribution in [3.63, 3.8) is 0 Å². The Hall–Kier alpha value is -0.750. The van der Waals surface area contributed by atoms with Crippen LogP contribution in [0.3, 0.4) is 0 Å². The van der Waals surface area contributed by atoms with Gasteiger partial charge in [-0.3, -0.25) is 9.05 Å². The van der Waals surface area contributed by atoms with E-state index >= 15 is 0 Å². The van der Waals surface area contributed by atoms with Gasteiger partial charge in [-0.25, -0.2) is 4.57 Å². The molecular formula is C11H16NO5P. The zero-order valence-electron chi connectivity index (χ0n) is 9.68. The number of rotatable bonds is 1. The van der Waals surface area contributed by atoms with Gasteiger partial charge in [0.15, 0.2) is 0 Å². The lowest BCUT2D eigenvalue weighted by molar-refractivity contribution is 0.00716. The van der Waals surface area contributed by atoms with Crippen LogP contribution in [0.15, 0.2) is 30.3 Å². The van der Waals surface area contributed by atoms with Crippen molar-refractivity contribution in [2.45, 2.75) is 24.7 Å². The van der Waals surface area contributed by atoms with Gasteiger partial charge in [0.05, 0.1) is 18.8 Å². The lowest BCUT2D eigenvalue weighted by Gasteiger charge is -2.31. The number of hydrogen-bond acceptors (Lipinski definition) is 5. The van der Waals surface area contributed by atoms with Crippen molar-refractivity contribution >= 4 is 7.82 Å². The second kappa shape index (κ2) is 5.48. The molecule has 1 aliphatic heterocycles. The van der Waals surface area contributed by atoms with Gasteiger partial charge in [0.1, 0.15) is 6.10 Å². The van der Waals surface area contributed by atoms with Crippen LogP contribution in [0, 0.1) is 0 Å². The molecule has 18 heavy (non-hydrogen) atoms. The smallest absolute Gasteiger partial charge is 0.391 e. The molecule has 7 heteroatoms. The Morgan fingerprint density at radius 3 is 2.67 bits per heavy atom. The van der Waals surface area contributed by atoms with Gasteiger partial charge >= 0.3 is 7.82 Å². The highest BCUT2D eigenvalue weighted by molar-refractivity contribution is 7.47. The van der Waals surface area contributed by atoms with E-state index in [1.165, 1.54) is 0 Å². The molecule has 0 aromatic heterocycles. The van der Waals surface area contributed by atoms with Crippen molar-refractivity contribution in [3.05, 3.63) is 35.9 Å². The van der Waals surface area contributed by atoms with Gasteiger partial charge in [-0.1, -0.05) is 30.3 Å². The molecule has 6 nitrogen and oxygen atoms in total. The summed E-state index contributed by atoms with van der Waals surface area (Å²) in [5.74, 6) is 0. The Kier molecular flexibility index (Phi) is 4.17. The molecule has 0 radical (unpaired) electrons.